The summed E-state index contributed by atoms with van der Waals surface area (Å²) in [7, 11) is 0. The zero-order valence-electron chi connectivity index (χ0n) is 17.6. The van der Waals surface area contributed by atoms with Crippen LogP contribution in [0.4, 0.5) is 16.2 Å². The summed E-state index contributed by atoms with van der Waals surface area (Å²) in [4.78, 5) is 27.4. The predicted molar refractivity (Wildman–Crippen MR) is 124 cm³/mol. The molecule has 31 heavy (non-hydrogen) atoms. The van der Waals surface area contributed by atoms with Gasteiger partial charge in [0.15, 0.2) is 0 Å². The van der Waals surface area contributed by atoms with Gasteiger partial charge in [-0.1, -0.05) is 29.8 Å². The van der Waals surface area contributed by atoms with E-state index in [1.807, 2.05) is 60.9 Å². The van der Waals surface area contributed by atoms with Gasteiger partial charge in [-0.15, -0.1) is 0 Å². The van der Waals surface area contributed by atoms with Crippen LogP contribution in [0.2, 0.25) is 5.02 Å². The van der Waals surface area contributed by atoms with E-state index in [0.717, 1.165) is 43.0 Å². The van der Waals surface area contributed by atoms with Crippen LogP contribution in [-0.4, -0.2) is 34.5 Å². The fourth-order valence-electron chi connectivity index (χ4n) is 4.01. The van der Waals surface area contributed by atoms with Gasteiger partial charge in [-0.25, -0.2) is 4.79 Å². The van der Waals surface area contributed by atoms with Crippen LogP contribution in [-0.2, 0) is 0 Å². The van der Waals surface area contributed by atoms with Gasteiger partial charge in [-0.05, 0) is 63.1 Å². The minimum atomic E-state index is -0.232. The van der Waals surface area contributed by atoms with Gasteiger partial charge in [0.25, 0.3) is 5.91 Å². The number of carbonyl (C=O) groups is 2. The summed E-state index contributed by atoms with van der Waals surface area (Å²) < 4.78 is 2.00. The summed E-state index contributed by atoms with van der Waals surface area (Å²) in [5.41, 5.74) is 4.36. The first-order valence-corrected chi connectivity index (χ1v) is 10.7. The molecule has 0 radical (unpaired) electrons. The Morgan fingerprint density at radius 1 is 0.903 bits per heavy atom. The molecule has 1 saturated heterocycles. The molecule has 2 heterocycles. The molecule has 3 amide bonds. The molecule has 0 saturated carbocycles. The smallest absolute Gasteiger partial charge is 0.321 e. The highest BCUT2D eigenvalue weighted by Gasteiger charge is 2.21. The second-order valence-corrected chi connectivity index (χ2v) is 8.16. The third-order valence-electron chi connectivity index (χ3n) is 5.55. The predicted octanol–water partition coefficient (Wildman–Crippen LogP) is 5.63. The maximum absolute atomic E-state index is 13.1. The lowest BCUT2D eigenvalue weighted by molar-refractivity contribution is 0.102. The molecule has 0 aliphatic carbocycles. The van der Waals surface area contributed by atoms with Crippen LogP contribution in [0, 0.1) is 13.8 Å². The molecule has 160 valence electrons. The highest BCUT2D eigenvalue weighted by atomic mass is 35.5. The number of amides is 3. The van der Waals surface area contributed by atoms with E-state index in [-0.39, 0.29) is 11.9 Å². The number of benzene rings is 2. The van der Waals surface area contributed by atoms with Crippen molar-refractivity contribution in [2.75, 3.05) is 23.7 Å². The van der Waals surface area contributed by atoms with Crippen LogP contribution in [0.3, 0.4) is 0 Å². The Bertz CT molecular complexity index is 1130. The molecule has 1 aliphatic rings. The van der Waals surface area contributed by atoms with Crippen molar-refractivity contribution in [3.8, 4) is 5.69 Å². The minimum Gasteiger partial charge on any atom is -0.325 e. The number of nitrogens with one attached hydrogen (secondary N) is 2. The van der Waals surface area contributed by atoms with Crippen LogP contribution in [0.5, 0.6) is 0 Å². The maximum Gasteiger partial charge on any atom is 0.321 e. The van der Waals surface area contributed by atoms with Crippen molar-refractivity contribution >= 4 is 34.9 Å². The van der Waals surface area contributed by atoms with Crippen LogP contribution in [0.15, 0.2) is 54.6 Å². The highest BCUT2D eigenvalue weighted by molar-refractivity contribution is 6.30. The summed E-state index contributed by atoms with van der Waals surface area (Å²) in [6.45, 7) is 5.38. The fourth-order valence-corrected chi connectivity index (χ4v) is 4.19. The third kappa shape index (κ3) is 4.44. The molecule has 1 aliphatic heterocycles. The molecule has 0 bridgehead atoms. The van der Waals surface area contributed by atoms with E-state index >= 15 is 0 Å². The Labute approximate surface area is 186 Å². The van der Waals surface area contributed by atoms with Crippen LogP contribution in [0.25, 0.3) is 5.69 Å². The van der Waals surface area contributed by atoms with E-state index in [4.69, 9.17) is 11.6 Å². The number of rotatable bonds is 4. The molecule has 7 heteroatoms. The Morgan fingerprint density at radius 3 is 2.26 bits per heavy atom. The van der Waals surface area contributed by atoms with Gasteiger partial charge in [0.2, 0.25) is 0 Å². The maximum atomic E-state index is 13.1. The van der Waals surface area contributed by atoms with E-state index < -0.39 is 0 Å². The minimum absolute atomic E-state index is 0.140. The van der Waals surface area contributed by atoms with E-state index in [1.165, 1.54) is 0 Å². The normalized spacial score (nSPS) is 13.3. The molecule has 0 spiro atoms. The SMILES string of the molecule is Cc1cc(C(=O)Nc2ccccc2NC(=O)N2CCCC2)c(C)n1-c1cccc(Cl)c1. The zero-order chi connectivity index (χ0) is 22.0. The van der Waals surface area contributed by atoms with Gasteiger partial charge in [-0.3, -0.25) is 4.79 Å². The number of likely N-dealkylation sites (tertiary alicyclic amines) is 1. The lowest BCUT2D eigenvalue weighted by atomic mass is 10.2. The third-order valence-corrected chi connectivity index (χ3v) is 5.79. The first kappa shape index (κ1) is 21.0. The number of para-hydroxylation sites is 2. The average molecular weight is 437 g/mol. The van der Waals surface area contributed by atoms with E-state index in [1.54, 1.807) is 17.0 Å². The van der Waals surface area contributed by atoms with Gasteiger partial charge in [0, 0.05) is 35.2 Å². The Kier molecular flexibility index (Phi) is 6.00. The van der Waals surface area contributed by atoms with E-state index in [2.05, 4.69) is 10.6 Å². The average Bonchev–Trinajstić information content (AvgIpc) is 3.38. The number of anilines is 2. The van der Waals surface area contributed by atoms with Crippen molar-refractivity contribution < 1.29 is 9.59 Å². The monoisotopic (exact) mass is 436 g/mol. The van der Waals surface area contributed by atoms with Gasteiger partial charge in [0.1, 0.15) is 0 Å². The molecule has 2 aromatic carbocycles. The number of halogens is 1. The molecule has 6 nitrogen and oxygen atoms in total. The van der Waals surface area contributed by atoms with Crippen LogP contribution < -0.4 is 10.6 Å². The lowest BCUT2D eigenvalue weighted by Gasteiger charge is -2.18. The quantitative estimate of drug-likeness (QED) is 0.556. The molecule has 3 aromatic rings. The molecular weight excluding hydrogens is 412 g/mol. The van der Waals surface area contributed by atoms with Crippen molar-refractivity contribution in [3.05, 3.63) is 76.6 Å². The number of aryl methyl sites for hydroxylation is 1. The standard InChI is InChI=1S/C24H25ClN4O2/c1-16-14-20(17(2)29(16)19-9-7-8-18(25)15-19)23(30)26-21-10-3-4-11-22(21)27-24(31)28-12-5-6-13-28/h3-4,7-11,14-15H,5-6,12-13H2,1-2H3,(H,26,30)(H,27,31). The number of carbonyl (C=O) groups excluding carboxylic acids is 2. The number of nitrogens with zero attached hydrogens (tertiary/aromatic N) is 2. The molecule has 0 atom stereocenters. The molecule has 1 aromatic heterocycles. The van der Waals surface area contributed by atoms with Crippen LogP contribution >= 0.6 is 11.6 Å². The zero-order valence-corrected chi connectivity index (χ0v) is 18.4. The molecular formula is C24H25ClN4O2. The highest BCUT2D eigenvalue weighted by Crippen LogP contribution is 2.26. The summed E-state index contributed by atoms with van der Waals surface area (Å²) in [5, 5.41) is 6.52. The Hall–Kier alpha value is -3.25. The Balaban J connectivity index is 1.57. The van der Waals surface area contributed by atoms with Crippen molar-refractivity contribution in [3.63, 3.8) is 0 Å². The first-order valence-electron chi connectivity index (χ1n) is 10.4. The molecule has 1 fully saturated rings. The number of hydrogen-bond donors (Lipinski definition) is 2. The van der Waals surface area contributed by atoms with E-state index in [9.17, 15) is 9.59 Å². The molecule has 0 unspecified atom stereocenters. The number of urea groups is 1. The second kappa shape index (κ2) is 8.86. The van der Waals surface area contributed by atoms with Crippen molar-refractivity contribution in [1.29, 1.82) is 0 Å². The van der Waals surface area contributed by atoms with Crippen molar-refractivity contribution in [2.45, 2.75) is 26.7 Å². The molecule has 4 rings (SSSR count). The summed E-state index contributed by atoms with van der Waals surface area (Å²) in [6.07, 6.45) is 2.04. The van der Waals surface area contributed by atoms with E-state index in [0.29, 0.717) is 22.0 Å². The fraction of sp³-hybridized carbons (Fsp3) is 0.250. The van der Waals surface area contributed by atoms with Crippen molar-refractivity contribution in [1.82, 2.24) is 9.47 Å². The summed E-state index contributed by atoms with van der Waals surface area (Å²) in [5.74, 6) is -0.232. The first-order chi connectivity index (χ1) is 14.9. The van der Waals surface area contributed by atoms with Gasteiger partial charge in [0.05, 0.1) is 16.9 Å². The topological polar surface area (TPSA) is 66.4 Å². The summed E-state index contributed by atoms with van der Waals surface area (Å²) in [6, 6.07) is 16.5. The number of hydrogen-bond acceptors (Lipinski definition) is 2. The lowest BCUT2D eigenvalue weighted by Crippen LogP contribution is -2.32. The summed E-state index contributed by atoms with van der Waals surface area (Å²) >= 11 is 6.15. The van der Waals surface area contributed by atoms with Crippen LogP contribution in [0.1, 0.15) is 34.6 Å². The largest absolute Gasteiger partial charge is 0.325 e. The van der Waals surface area contributed by atoms with Gasteiger partial charge < -0.3 is 20.1 Å². The van der Waals surface area contributed by atoms with Crippen molar-refractivity contribution in [2.24, 2.45) is 0 Å². The van der Waals surface area contributed by atoms with Gasteiger partial charge >= 0.3 is 6.03 Å². The number of aromatic nitrogens is 1. The van der Waals surface area contributed by atoms with Gasteiger partial charge in [-0.2, -0.15) is 0 Å². The second-order valence-electron chi connectivity index (χ2n) is 7.72. The Morgan fingerprint density at radius 2 is 1.58 bits per heavy atom. The molecule has 2 N–H and O–H groups in total.